The molecular weight excluding hydrogens is 480 g/mol. The molecule has 0 spiro atoms. The van der Waals surface area contributed by atoms with Crippen LogP contribution in [0.5, 0.6) is 5.75 Å². The van der Waals surface area contributed by atoms with Crippen molar-refractivity contribution in [2.24, 2.45) is 11.8 Å². The van der Waals surface area contributed by atoms with Gasteiger partial charge in [0.25, 0.3) is 5.91 Å². The summed E-state index contributed by atoms with van der Waals surface area (Å²) in [5.41, 5.74) is 2.21. The Hall–Kier alpha value is -2.97. The Morgan fingerprint density at radius 3 is 2.66 bits per heavy atom. The van der Waals surface area contributed by atoms with Gasteiger partial charge in [-0.2, -0.15) is 0 Å². The topological polar surface area (TPSA) is 84.0 Å². The maximum Gasteiger partial charge on any atom is 0.257 e. The van der Waals surface area contributed by atoms with Gasteiger partial charge >= 0.3 is 0 Å². The van der Waals surface area contributed by atoms with Gasteiger partial charge in [0.2, 0.25) is 5.91 Å². The van der Waals surface area contributed by atoms with Crippen LogP contribution in [0.2, 0.25) is 0 Å². The zero-order valence-corrected chi connectivity index (χ0v) is 23.2. The molecule has 2 amide bonds. The summed E-state index contributed by atoms with van der Waals surface area (Å²) < 4.78 is 12.1. The molecule has 2 aliphatic rings. The van der Waals surface area contributed by atoms with Crippen molar-refractivity contribution in [3.05, 3.63) is 53.9 Å². The molecule has 1 fully saturated rings. The molecule has 38 heavy (non-hydrogen) atoms. The van der Waals surface area contributed by atoms with Gasteiger partial charge in [0.15, 0.2) is 0 Å². The molecule has 1 aliphatic carbocycles. The number of rotatable bonds is 5. The number of nitrogens with zero attached hydrogens (tertiary/aromatic N) is 3. The molecule has 0 bridgehead atoms. The molecule has 0 saturated heterocycles. The van der Waals surface area contributed by atoms with Crippen LogP contribution in [0.25, 0.3) is 0 Å². The molecule has 4 rings (SSSR count). The number of hydrogen-bond acceptors (Lipinski definition) is 6. The van der Waals surface area contributed by atoms with E-state index in [1.165, 1.54) is 6.42 Å². The summed E-state index contributed by atoms with van der Waals surface area (Å²) in [7, 11) is 3.50. The molecule has 0 radical (unpaired) electrons. The van der Waals surface area contributed by atoms with Crippen LogP contribution in [-0.4, -0.2) is 72.6 Å². The number of likely N-dealkylation sites (N-methyl/N-ethyl adjacent to an activating group) is 1. The van der Waals surface area contributed by atoms with E-state index in [0.717, 1.165) is 44.3 Å². The van der Waals surface area contributed by atoms with Crippen LogP contribution in [0.3, 0.4) is 0 Å². The first kappa shape index (κ1) is 28.0. The Morgan fingerprint density at radius 1 is 1.16 bits per heavy atom. The van der Waals surface area contributed by atoms with E-state index in [1.807, 2.05) is 18.3 Å². The second-order valence-electron chi connectivity index (χ2n) is 10.9. The first-order chi connectivity index (χ1) is 18.4. The highest BCUT2D eigenvalue weighted by Crippen LogP contribution is 2.29. The zero-order chi connectivity index (χ0) is 27.1. The molecule has 1 aliphatic heterocycles. The lowest BCUT2D eigenvalue weighted by molar-refractivity contribution is -0.120. The summed E-state index contributed by atoms with van der Waals surface area (Å²) in [5, 5.41) is 3.05. The lowest BCUT2D eigenvalue weighted by Crippen LogP contribution is -2.46. The second-order valence-corrected chi connectivity index (χ2v) is 10.9. The highest BCUT2D eigenvalue weighted by atomic mass is 16.5. The lowest BCUT2D eigenvalue weighted by Gasteiger charge is -2.36. The van der Waals surface area contributed by atoms with Gasteiger partial charge in [-0.3, -0.25) is 19.5 Å². The second kappa shape index (κ2) is 13.2. The Labute approximate surface area is 226 Å². The van der Waals surface area contributed by atoms with Crippen molar-refractivity contribution in [3.63, 3.8) is 0 Å². The summed E-state index contributed by atoms with van der Waals surface area (Å²) >= 11 is 0. The Bertz CT molecular complexity index is 1070. The number of fused-ring (bicyclic) bond motifs is 1. The Kier molecular flexibility index (Phi) is 9.74. The number of aromatic nitrogens is 1. The fraction of sp³-hybridized carbons (Fsp3) is 0.567. The maximum atomic E-state index is 13.6. The van der Waals surface area contributed by atoms with Crippen molar-refractivity contribution in [3.8, 4) is 5.75 Å². The summed E-state index contributed by atoms with van der Waals surface area (Å²) in [6.07, 6.45) is 8.77. The minimum Gasteiger partial charge on any atom is -0.491 e. The summed E-state index contributed by atoms with van der Waals surface area (Å²) in [6, 6.07) is 9.51. The minimum absolute atomic E-state index is 0.0347. The Morgan fingerprint density at radius 2 is 1.95 bits per heavy atom. The fourth-order valence-electron chi connectivity index (χ4n) is 5.48. The van der Waals surface area contributed by atoms with Crippen molar-refractivity contribution in [2.45, 2.75) is 64.6 Å². The van der Waals surface area contributed by atoms with Crippen LogP contribution in [0.4, 0.5) is 5.69 Å². The third kappa shape index (κ3) is 7.11. The van der Waals surface area contributed by atoms with Crippen molar-refractivity contribution < 1.29 is 19.1 Å². The first-order valence-corrected chi connectivity index (χ1v) is 13.8. The normalized spacial score (nSPS) is 24.1. The van der Waals surface area contributed by atoms with E-state index < -0.39 is 0 Å². The van der Waals surface area contributed by atoms with Crippen LogP contribution in [0, 0.1) is 11.8 Å². The fourth-order valence-corrected chi connectivity index (χ4v) is 5.48. The number of benzene rings is 1. The van der Waals surface area contributed by atoms with E-state index in [0.29, 0.717) is 30.2 Å². The van der Waals surface area contributed by atoms with E-state index in [4.69, 9.17) is 9.47 Å². The van der Waals surface area contributed by atoms with Gasteiger partial charge in [0, 0.05) is 63.8 Å². The molecule has 1 saturated carbocycles. The number of nitrogens with one attached hydrogen (secondary N) is 1. The number of amides is 2. The van der Waals surface area contributed by atoms with E-state index in [2.05, 4.69) is 35.1 Å². The van der Waals surface area contributed by atoms with E-state index in [1.54, 1.807) is 37.4 Å². The molecule has 8 nitrogen and oxygen atoms in total. The first-order valence-electron chi connectivity index (χ1n) is 13.8. The molecule has 8 heteroatoms. The van der Waals surface area contributed by atoms with Crippen LogP contribution in [-0.2, 0) is 16.1 Å². The van der Waals surface area contributed by atoms with E-state index in [9.17, 15) is 9.59 Å². The predicted octanol–water partition coefficient (Wildman–Crippen LogP) is 4.61. The van der Waals surface area contributed by atoms with E-state index >= 15 is 0 Å². The molecule has 1 N–H and O–H groups in total. The zero-order valence-electron chi connectivity index (χ0n) is 23.2. The molecular formula is C30H42N4O4. The van der Waals surface area contributed by atoms with Gasteiger partial charge in [-0.05, 0) is 55.5 Å². The molecule has 2 heterocycles. The molecule has 1 aromatic heterocycles. The number of hydrogen-bond donors (Lipinski definition) is 1. The average Bonchev–Trinajstić information content (AvgIpc) is 2.94. The predicted molar refractivity (Wildman–Crippen MR) is 148 cm³/mol. The molecule has 0 unspecified atom stereocenters. The standard InChI is InChI=1S/C30H42N4O4/c1-21-17-34(18-23-9-8-14-31-16-23)22(2)20-38-27-13-12-25(32-29(35)24-10-6-5-7-11-24)15-26(27)30(36)33(3)19-28(21)37-4/h8-9,12-16,21-22,24,28H,5-7,10-11,17-20H2,1-4H3,(H,32,35)/t21-,22+,28-/m1/s1. The van der Waals surface area contributed by atoms with Crippen LogP contribution in [0.1, 0.15) is 61.9 Å². The molecule has 206 valence electrons. The number of ether oxygens (including phenoxy) is 2. The van der Waals surface area contributed by atoms with Crippen molar-refractivity contribution in [2.75, 3.05) is 39.2 Å². The summed E-state index contributed by atoms with van der Waals surface area (Å²) in [4.78, 5) is 34.8. The van der Waals surface area contributed by atoms with Crippen molar-refractivity contribution >= 4 is 17.5 Å². The number of anilines is 1. The van der Waals surface area contributed by atoms with Crippen LogP contribution in [0.15, 0.2) is 42.7 Å². The molecule has 1 aromatic carbocycles. The van der Waals surface area contributed by atoms with Gasteiger partial charge < -0.3 is 19.7 Å². The number of carbonyl (C=O) groups is 2. The number of carbonyl (C=O) groups excluding carboxylic acids is 2. The largest absolute Gasteiger partial charge is 0.491 e. The van der Waals surface area contributed by atoms with Crippen molar-refractivity contribution in [1.82, 2.24) is 14.8 Å². The average molecular weight is 523 g/mol. The number of methoxy groups -OCH3 is 1. The van der Waals surface area contributed by atoms with Gasteiger partial charge in [-0.25, -0.2) is 0 Å². The van der Waals surface area contributed by atoms with Crippen LogP contribution >= 0.6 is 0 Å². The van der Waals surface area contributed by atoms with Gasteiger partial charge in [-0.15, -0.1) is 0 Å². The van der Waals surface area contributed by atoms with Gasteiger partial charge in [0.1, 0.15) is 12.4 Å². The minimum atomic E-state index is -0.150. The number of pyridine rings is 1. The monoisotopic (exact) mass is 522 g/mol. The van der Waals surface area contributed by atoms with E-state index in [-0.39, 0.29) is 35.8 Å². The highest BCUT2D eigenvalue weighted by Gasteiger charge is 2.29. The van der Waals surface area contributed by atoms with Gasteiger partial charge in [0.05, 0.1) is 11.7 Å². The maximum absolute atomic E-state index is 13.6. The van der Waals surface area contributed by atoms with Crippen molar-refractivity contribution in [1.29, 1.82) is 0 Å². The third-order valence-corrected chi connectivity index (χ3v) is 7.93. The smallest absolute Gasteiger partial charge is 0.257 e. The Balaban J connectivity index is 1.59. The molecule has 3 atom stereocenters. The quantitative estimate of drug-likeness (QED) is 0.618. The lowest BCUT2D eigenvalue weighted by atomic mass is 9.88. The van der Waals surface area contributed by atoms with Gasteiger partial charge in [-0.1, -0.05) is 32.3 Å². The third-order valence-electron chi connectivity index (χ3n) is 7.93. The van der Waals surface area contributed by atoms with Crippen LogP contribution < -0.4 is 10.1 Å². The highest BCUT2D eigenvalue weighted by molar-refractivity contribution is 5.99. The SMILES string of the molecule is CO[C@@H]1CN(C)C(=O)c2cc(NC(=O)C3CCCCC3)ccc2OC[C@H](C)N(Cc2cccnc2)C[C@H]1C. The molecule has 2 aromatic rings. The summed E-state index contributed by atoms with van der Waals surface area (Å²) in [5.74, 6) is 0.619. The summed E-state index contributed by atoms with van der Waals surface area (Å²) in [6.45, 7) is 6.70.